The van der Waals surface area contributed by atoms with Crippen LogP contribution in [0.25, 0.3) is 0 Å². The molecule has 7 nitrogen and oxygen atoms in total. The first-order chi connectivity index (χ1) is 15.0. The van der Waals surface area contributed by atoms with E-state index in [9.17, 15) is 9.59 Å². The summed E-state index contributed by atoms with van der Waals surface area (Å²) >= 11 is 2.11. The van der Waals surface area contributed by atoms with E-state index in [4.69, 9.17) is 19.3 Å². The second kappa shape index (κ2) is 8.46. The molecule has 1 aromatic carbocycles. The zero-order valence-corrected chi connectivity index (χ0v) is 19.2. The highest BCUT2D eigenvalue weighted by Crippen LogP contribution is 2.59. The van der Waals surface area contributed by atoms with E-state index < -0.39 is 30.1 Å². The number of aliphatic hydroxyl groups excluding tert-OH is 1. The van der Waals surface area contributed by atoms with Crippen molar-refractivity contribution in [2.24, 2.45) is 11.8 Å². The molecule has 2 saturated carbocycles. The number of carbonyl (C=O) groups is 2. The normalized spacial score (nSPS) is 29.1. The Morgan fingerprint density at radius 2 is 1.87 bits per heavy atom. The first-order valence-electron chi connectivity index (χ1n) is 10.9. The van der Waals surface area contributed by atoms with Crippen molar-refractivity contribution < 1.29 is 28.9 Å². The lowest BCUT2D eigenvalue weighted by molar-refractivity contribution is -0.209. The van der Waals surface area contributed by atoms with Gasteiger partial charge in [-0.05, 0) is 66.5 Å². The van der Waals surface area contributed by atoms with E-state index in [1.54, 1.807) is 12.1 Å². The van der Waals surface area contributed by atoms with Gasteiger partial charge in [-0.1, -0.05) is 12.1 Å². The van der Waals surface area contributed by atoms with Crippen LogP contribution in [0.5, 0.6) is 0 Å². The molecule has 0 spiro atoms. The number of hydrogen-bond donors (Lipinski definition) is 2. The summed E-state index contributed by atoms with van der Waals surface area (Å²) < 4.78 is 19.8. The van der Waals surface area contributed by atoms with E-state index in [0.717, 1.165) is 29.3 Å². The minimum atomic E-state index is -0.618. The largest absolute Gasteiger partial charge is 0.455 e. The molecule has 3 aliphatic carbocycles. The Bertz CT molecular complexity index is 897. The van der Waals surface area contributed by atoms with Crippen LogP contribution in [0.4, 0.5) is 0 Å². The molecule has 31 heavy (non-hydrogen) atoms. The van der Waals surface area contributed by atoms with Gasteiger partial charge >= 0.3 is 5.97 Å². The molecular formula is C23H26INO6. The maximum Gasteiger partial charge on any atom is 0.339 e. The third-order valence-corrected chi connectivity index (χ3v) is 7.39. The molecule has 0 unspecified atom stereocenters. The topological polar surface area (TPSA) is 94.1 Å². The van der Waals surface area contributed by atoms with Gasteiger partial charge in [0.15, 0.2) is 5.79 Å². The lowest BCUT2D eigenvalue weighted by atomic mass is 9.91. The van der Waals surface area contributed by atoms with Crippen LogP contribution in [-0.4, -0.2) is 54.2 Å². The van der Waals surface area contributed by atoms with Gasteiger partial charge in [-0.3, -0.25) is 4.79 Å². The van der Waals surface area contributed by atoms with Gasteiger partial charge in [0.25, 0.3) is 0 Å². The van der Waals surface area contributed by atoms with Crippen molar-refractivity contribution in [3.8, 4) is 0 Å². The minimum absolute atomic E-state index is 0.137. The molecule has 1 aromatic rings. The van der Waals surface area contributed by atoms with E-state index in [1.807, 2.05) is 18.2 Å². The van der Waals surface area contributed by atoms with Crippen molar-refractivity contribution in [1.29, 1.82) is 0 Å². The van der Waals surface area contributed by atoms with Crippen LogP contribution in [0.15, 0.2) is 35.9 Å². The van der Waals surface area contributed by atoms with Gasteiger partial charge in [0.2, 0.25) is 5.91 Å². The molecule has 2 N–H and O–H groups in total. The van der Waals surface area contributed by atoms with Crippen molar-refractivity contribution in [2.45, 2.75) is 56.2 Å². The predicted octanol–water partition coefficient (Wildman–Crippen LogP) is 2.56. The summed E-state index contributed by atoms with van der Waals surface area (Å²) in [5, 5.41) is 11.7. The van der Waals surface area contributed by atoms with Gasteiger partial charge in [-0.2, -0.15) is 0 Å². The molecule has 1 aliphatic heterocycles. The van der Waals surface area contributed by atoms with E-state index in [0.29, 0.717) is 23.0 Å². The predicted molar refractivity (Wildman–Crippen MR) is 119 cm³/mol. The van der Waals surface area contributed by atoms with Gasteiger partial charge in [0.1, 0.15) is 18.3 Å². The molecular weight excluding hydrogens is 513 g/mol. The summed E-state index contributed by atoms with van der Waals surface area (Å²) in [6.45, 7) is 0.0321. The first-order valence-corrected chi connectivity index (χ1v) is 12.0. The Morgan fingerprint density at radius 1 is 1.16 bits per heavy atom. The summed E-state index contributed by atoms with van der Waals surface area (Å²) in [6.07, 6.45) is 4.91. The Morgan fingerprint density at radius 3 is 2.52 bits per heavy atom. The van der Waals surface area contributed by atoms with E-state index >= 15 is 0 Å². The molecule has 166 valence electrons. The van der Waals surface area contributed by atoms with Gasteiger partial charge in [-0.15, -0.1) is 0 Å². The highest BCUT2D eigenvalue weighted by atomic mass is 127. The monoisotopic (exact) mass is 539 g/mol. The maximum absolute atomic E-state index is 12.9. The molecule has 3 atom stereocenters. The number of halogens is 1. The van der Waals surface area contributed by atoms with Crippen LogP contribution in [0.1, 0.15) is 42.5 Å². The number of amides is 1. The third-order valence-electron chi connectivity index (χ3n) is 6.45. The Balaban J connectivity index is 1.41. The highest BCUT2D eigenvalue weighted by molar-refractivity contribution is 14.1. The SMILES string of the molecule is O=C(NCCO)C1=C[C@H]2OC(C3CC3)(C3CC3)O[C@H]2[C@H](OC(=O)c2ccccc2I)C1. The summed E-state index contributed by atoms with van der Waals surface area (Å²) in [4.78, 5) is 25.6. The van der Waals surface area contributed by atoms with E-state index in [2.05, 4.69) is 27.9 Å². The summed E-state index contributed by atoms with van der Waals surface area (Å²) in [5.74, 6) is -0.574. The smallest absolute Gasteiger partial charge is 0.339 e. The molecule has 8 heteroatoms. The second-order valence-electron chi connectivity index (χ2n) is 8.73. The van der Waals surface area contributed by atoms with Crippen molar-refractivity contribution >= 4 is 34.5 Å². The number of aliphatic hydroxyl groups is 1. The Hall–Kier alpha value is -1.49. The number of rotatable bonds is 7. The van der Waals surface area contributed by atoms with Gasteiger partial charge in [0.05, 0.1) is 12.2 Å². The number of benzene rings is 1. The molecule has 5 rings (SSSR count). The highest BCUT2D eigenvalue weighted by Gasteiger charge is 2.64. The minimum Gasteiger partial charge on any atom is -0.455 e. The number of carbonyl (C=O) groups excluding carboxylic acids is 2. The first kappa shape index (κ1) is 21.4. The molecule has 4 aliphatic rings. The van der Waals surface area contributed by atoms with Crippen LogP contribution in [0.2, 0.25) is 0 Å². The Labute approximate surface area is 194 Å². The number of ether oxygens (including phenoxy) is 3. The number of hydrogen-bond acceptors (Lipinski definition) is 6. The summed E-state index contributed by atoms with van der Waals surface area (Å²) in [7, 11) is 0. The fraction of sp³-hybridized carbons (Fsp3) is 0.565. The van der Waals surface area contributed by atoms with Crippen LogP contribution in [-0.2, 0) is 19.0 Å². The maximum atomic E-state index is 12.9. The molecule has 3 fully saturated rings. The lowest BCUT2D eigenvalue weighted by Crippen LogP contribution is -2.44. The standard InChI is InChI=1S/C23H26INO6/c24-17-4-2-1-3-16(17)22(28)29-18-11-13(21(27)25-9-10-26)12-19-20(18)31-23(30-19,14-5-6-14)15-7-8-15/h1-4,12,14-15,18-20,26H,5-11H2,(H,25,27)/t18-,19-,20+/m1/s1. The quantitative estimate of drug-likeness (QED) is 0.409. The number of nitrogens with one attached hydrogen (secondary N) is 1. The fourth-order valence-corrected chi connectivity index (χ4v) is 5.29. The van der Waals surface area contributed by atoms with Crippen LogP contribution in [0.3, 0.4) is 0 Å². The van der Waals surface area contributed by atoms with Crippen molar-refractivity contribution in [2.75, 3.05) is 13.2 Å². The third kappa shape index (κ3) is 4.15. The zero-order chi connectivity index (χ0) is 21.6. The molecule has 0 bridgehead atoms. The summed E-state index contributed by atoms with van der Waals surface area (Å²) in [5.41, 5.74) is 0.997. The van der Waals surface area contributed by atoms with E-state index in [-0.39, 0.29) is 25.5 Å². The molecule has 1 heterocycles. The van der Waals surface area contributed by atoms with Gasteiger partial charge in [0, 0.05) is 33.9 Å². The molecule has 0 radical (unpaired) electrons. The number of fused-ring (bicyclic) bond motifs is 1. The summed E-state index contributed by atoms with van der Waals surface area (Å²) in [6, 6.07) is 7.26. The van der Waals surface area contributed by atoms with Gasteiger partial charge < -0.3 is 24.6 Å². The van der Waals surface area contributed by atoms with Crippen molar-refractivity contribution in [3.63, 3.8) is 0 Å². The van der Waals surface area contributed by atoms with Crippen LogP contribution in [0, 0.1) is 15.4 Å². The van der Waals surface area contributed by atoms with Crippen molar-refractivity contribution in [3.05, 3.63) is 45.0 Å². The molecule has 1 saturated heterocycles. The molecule has 0 aromatic heterocycles. The fourth-order valence-electron chi connectivity index (χ4n) is 4.68. The lowest BCUT2D eigenvalue weighted by Gasteiger charge is -2.31. The van der Waals surface area contributed by atoms with Crippen LogP contribution < -0.4 is 5.32 Å². The average molecular weight is 539 g/mol. The number of esters is 1. The second-order valence-corrected chi connectivity index (χ2v) is 9.90. The molecule has 1 amide bonds. The van der Waals surface area contributed by atoms with Gasteiger partial charge in [-0.25, -0.2) is 4.79 Å². The van der Waals surface area contributed by atoms with E-state index in [1.165, 1.54) is 0 Å². The van der Waals surface area contributed by atoms with Crippen molar-refractivity contribution in [1.82, 2.24) is 5.32 Å². The van der Waals surface area contributed by atoms with Crippen LogP contribution >= 0.6 is 22.6 Å². The zero-order valence-electron chi connectivity index (χ0n) is 17.1. The Kier molecular flexibility index (Phi) is 5.83. The average Bonchev–Trinajstić information content (AvgIpc) is 3.68.